The van der Waals surface area contributed by atoms with Gasteiger partial charge in [0.2, 0.25) is 0 Å². The Morgan fingerprint density at radius 1 is 1.32 bits per heavy atom. The van der Waals surface area contributed by atoms with Crippen molar-refractivity contribution in [1.29, 1.82) is 0 Å². The quantitative estimate of drug-likeness (QED) is 0.846. The van der Waals surface area contributed by atoms with Crippen LogP contribution in [0.3, 0.4) is 0 Å². The fourth-order valence-corrected chi connectivity index (χ4v) is 2.59. The second kappa shape index (κ2) is 6.04. The molecular weight excluding hydrogens is 331 g/mol. The predicted octanol–water partition coefficient (Wildman–Crippen LogP) is 4.83. The highest BCUT2D eigenvalue weighted by Gasteiger charge is 2.13. The van der Waals surface area contributed by atoms with Gasteiger partial charge in [0, 0.05) is 11.4 Å². The van der Waals surface area contributed by atoms with Crippen molar-refractivity contribution >= 4 is 27.5 Å². The topological polar surface area (TPSA) is 20.2 Å². The Bertz CT molecular complexity index is 601. The van der Waals surface area contributed by atoms with E-state index in [2.05, 4.69) is 15.9 Å². The van der Waals surface area contributed by atoms with Crippen LogP contribution in [-0.4, -0.2) is 5.11 Å². The summed E-state index contributed by atoms with van der Waals surface area (Å²) in [6.45, 7) is 1.88. The Morgan fingerprint density at radius 3 is 2.74 bits per heavy atom. The van der Waals surface area contributed by atoms with E-state index in [1.165, 1.54) is 6.07 Å². The molecule has 2 aromatic carbocycles. The fraction of sp³-hybridized carbons (Fsp3) is 0.200. The van der Waals surface area contributed by atoms with Gasteiger partial charge in [-0.15, -0.1) is 0 Å². The summed E-state index contributed by atoms with van der Waals surface area (Å²) in [4.78, 5) is 0. The average Bonchev–Trinajstić information content (AvgIpc) is 2.37. The van der Waals surface area contributed by atoms with E-state index in [-0.39, 0.29) is 5.82 Å². The summed E-state index contributed by atoms with van der Waals surface area (Å²) < 4.78 is 13.6. The van der Waals surface area contributed by atoms with E-state index in [0.29, 0.717) is 15.9 Å². The van der Waals surface area contributed by atoms with Crippen molar-refractivity contribution in [2.75, 3.05) is 0 Å². The molecule has 100 valence electrons. The van der Waals surface area contributed by atoms with Crippen LogP contribution < -0.4 is 0 Å². The van der Waals surface area contributed by atoms with Crippen LogP contribution in [0.4, 0.5) is 4.39 Å². The summed E-state index contributed by atoms with van der Waals surface area (Å²) >= 11 is 9.18. The molecule has 1 unspecified atom stereocenters. The van der Waals surface area contributed by atoms with Crippen molar-refractivity contribution in [3.8, 4) is 0 Å². The lowest BCUT2D eigenvalue weighted by Crippen LogP contribution is -2.04. The third-order valence-electron chi connectivity index (χ3n) is 3.08. The molecule has 0 saturated carbocycles. The zero-order valence-corrected chi connectivity index (χ0v) is 12.7. The lowest BCUT2D eigenvalue weighted by atomic mass is 9.98. The molecule has 0 amide bonds. The maximum Gasteiger partial charge on any atom is 0.137 e. The average molecular weight is 344 g/mol. The zero-order chi connectivity index (χ0) is 14.0. The van der Waals surface area contributed by atoms with Gasteiger partial charge >= 0.3 is 0 Å². The van der Waals surface area contributed by atoms with Gasteiger partial charge in [-0.1, -0.05) is 29.8 Å². The maximum atomic E-state index is 13.1. The highest BCUT2D eigenvalue weighted by Crippen LogP contribution is 2.27. The number of aliphatic hydroxyl groups excluding tert-OH is 1. The van der Waals surface area contributed by atoms with Gasteiger partial charge in [0.05, 0.1) is 10.6 Å². The first-order valence-corrected chi connectivity index (χ1v) is 7.03. The van der Waals surface area contributed by atoms with Gasteiger partial charge in [0.1, 0.15) is 5.82 Å². The summed E-state index contributed by atoms with van der Waals surface area (Å²) in [7, 11) is 0. The number of halogens is 3. The third-order valence-corrected chi connectivity index (χ3v) is 4.10. The maximum absolute atomic E-state index is 13.1. The Hall–Kier alpha value is -0.900. The van der Waals surface area contributed by atoms with E-state index < -0.39 is 6.10 Å². The molecule has 0 fully saturated rings. The summed E-state index contributed by atoms with van der Waals surface area (Å²) in [5.74, 6) is -0.308. The zero-order valence-electron chi connectivity index (χ0n) is 10.3. The molecule has 4 heteroatoms. The summed E-state index contributed by atoms with van der Waals surface area (Å²) in [5.41, 5.74) is 2.53. The third kappa shape index (κ3) is 3.35. The molecule has 1 atom stereocenters. The molecule has 0 aliphatic rings. The second-order valence-electron chi connectivity index (χ2n) is 4.42. The largest absolute Gasteiger partial charge is 0.388 e. The molecule has 2 aromatic rings. The van der Waals surface area contributed by atoms with Gasteiger partial charge in [-0.3, -0.25) is 0 Å². The molecule has 2 rings (SSSR count). The van der Waals surface area contributed by atoms with Crippen LogP contribution in [0.15, 0.2) is 40.9 Å². The number of aliphatic hydroxyl groups is 1. The summed E-state index contributed by atoms with van der Waals surface area (Å²) in [5, 5.41) is 10.9. The van der Waals surface area contributed by atoms with Gasteiger partial charge in [-0.05, 0) is 57.7 Å². The molecule has 0 aromatic heterocycles. The van der Waals surface area contributed by atoms with Crippen LogP contribution in [-0.2, 0) is 6.42 Å². The Labute approximate surface area is 125 Å². The molecule has 0 saturated heterocycles. The van der Waals surface area contributed by atoms with Gasteiger partial charge in [0.25, 0.3) is 0 Å². The van der Waals surface area contributed by atoms with Gasteiger partial charge in [0.15, 0.2) is 0 Å². The van der Waals surface area contributed by atoms with Crippen LogP contribution in [0.2, 0.25) is 5.02 Å². The molecule has 1 N–H and O–H groups in total. The van der Waals surface area contributed by atoms with E-state index >= 15 is 0 Å². The predicted molar refractivity (Wildman–Crippen MR) is 79.0 cm³/mol. The van der Waals surface area contributed by atoms with E-state index in [9.17, 15) is 9.50 Å². The first-order valence-electron chi connectivity index (χ1n) is 5.86. The van der Waals surface area contributed by atoms with Crippen LogP contribution in [0, 0.1) is 12.7 Å². The van der Waals surface area contributed by atoms with Gasteiger partial charge < -0.3 is 5.11 Å². The molecule has 19 heavy (non-hydrogen) atoms. The van der Waals surface area contributed by atoms with Crippen molar-refractivity contribution < 1.29 is 9.50 Å². The van der Waals surface area contributed by atoms with Crippen LogP contribution in [0.25, 0.3) is 0 Å². The highest BCUT2D eigenvalue weighted by molar-refractivity contribution is 9.10. The smallest absolute Gasteiger partial charge is 0.137 e. The van der Waals surface area contributed by atoms with Crippen LogP contribution in [0.1, 0.15) is 22.8 Å². The van der Waals surface area contributed by atoms with Crippen LogP contribution in [0.5, 0.6) is 0 Å². The molecule has 0 bridgehead atoms. The van der Waals surface area contributed by atoms with E-state index in [1.807, 2.05) is 19.1 Å². The minimum absolute atomic E-state index is 0.308. The minimum atomic E-state index is -0.656. The summed E-state index contributed by atoms with van der Waals surface area (Å²) in [6.07, 6.45) is -0.240. The van der Waals surface area contributed by atoms with Crippen molar-refractivity contribution in [1.82, 2.24) is 0 Å². The van der Waals surface area contributed by atoms with Gasteiger partial charge in [-0.2, -0.15) is 0 Å². The van der Waals surface area contributed by atoms with E-state index in [1.54, 1.807) is 18.2 Å². The van der Waals surface area contributed by atoms with Gasteiger partial charge in [-0.25, -0.2) is 4.39 Å². The number of hydrogen-bond donors (Lipinski definition) is 1. The monoisotopic (exact) mass is 342 g/mol. The Morgan fingerprint density at radius 2 is 2.05 bits per heavy atom. The Kier molecular flexibility index (Phi) is 4.61. The molecule has 0 radical (unpaired) electrons. The Balaban J connectivity index is 2.23. The normalized spacial score (nSPS) is 12.5. The first kappa shape index (κ1) is 14.5. The number of rotatable bonds is 3. The lowest BCUT2D eigenvalue weighted by Gasteiger charge is -2.15. The minimum Gasteiger partial charge on any atom is -0.388 e. The first-order chi connectivity index (χ1) is 8.99. The molecule has 0 aliphatic carbocycles. The van der Waals surface area contributed by atoms with Crippen LogP contribution >= 0.6 is 27.5 Å². The number of benzene rings is 2. The van der Waals surface area contributed by atoms with E-state index in [0.717, 1.165) is 16.7 Å². The van der Waals surface area contributed by atoms with E-state index in [4.69, 9.17) is 11.6 Å². The van der Waals surface area contributed by atoms with Crippen molar-refractivity contribution in [2.45, 2.75) is 19.4 Å². The molecule has 0 aliphatic heterocycles. The highest BCUT2D eigenvalue weighted by atomic mass is 79.9. The van der Waals surface area contributed by atoms with Crippen molar-refractivity contribution in [3.63, 3.8) is 0 Å². The standard InChI is InChI=1S/C15H13BrClFO/c1-9-11(3-2-4-13(9)17)15(19)8-10-5-6-14(18)12(16)7-10/h2-7,15,19H,8H2,1H3. The second-order valence-corrected chi connectivity index (χ2v) is 5.68. The molecule has 1 nitrogen and oxygen atoms in total. The summed E-state index contributed by atoms with van der Waals surface area (Å²) in [6, 6.07) is 10.2. The fourth-order valence-electron chi connectivity index (χ4n) is 1.98. The number of hydrogen-bond acceptors (Lipinski definition) is 1. The SMILES string of the molecule is Cc1c(Cl)cccc1C(O)Cc1ccc(F)c(Br)c1. The lowest BCUT2D eigenvalue weighted by molar-refractivity contribution is 0.177. The molecule has 0 spiro atoms. The van der Waals surface area contributed by atoms with Crippen molar-refractivity contribution in [2.24, 2.45) is 0 Å². The molecule has 0 heterocycles. The molecular formula is C15H13BrClFO. The van der Waals surface area contributed by atoms with Crippen molar-refractivity contribution in [3.05, 3.63) is 68.4 Å².